The van der Waals surface area contributed by atoms with E-state index in [2.05, 4.69) is 15.5 Å². The molecule has 7 heteroatoms. The monoisotopic (exact) mass is 318 g/mol. The Labute approximate surface area is 133 Å². The topological polar surface area (TPSA) is 71.3 Å². The fourth-order valence-corrected chi connectivity index (χ4v) is 2.77. The Kier molecular flexibility index (Phi) is 4.55. The molecule has 1 aromatic carbocycles. The Hall–Kier alpha value is -2.44. The molecule has 1 aliphatic rings. The number of benzene rings is 1. The maximum absolute atomic E-state index is 13.9. The highest BCUT2D eigenvalue weighted by molar-refractivity contribution is 5.72. The van der Waals surface area contributed by atoms with Crippen molar-refractivity contribution < 1.29 is 13.7 Å². The molecule has 1 saturated heterocycles. The van der Waals surface area contributed by atoms with Crippen LogP contribution in [0.1, 0.15) is 31.0 Å². The molecule has 0 radical (unpaired) electrons. The quantitative estimate of drug-likeness (QED) is 0.911. The maximum atomic E-state index is 13.9. The summed E-state index contributed by atoms with van der Waals surface area (Å²) in [5.41, 5.74) is 0.611. The second kappa shape index (κ2) is 6.76. The average molecular weight is 318 g/mol. The predicted octanol–water partition coefficient (Wildman–Crippen LogP) is 1.88. The minimum absolute atomic E-state index is 0.0787. The van der Waals surface area contributed by atoms with E-state index in [1.165, 1.54) is 13.0 Å². The molecule has 6 nitrogen and oxygen atoms in total. The summed E-state index contributed by atoms with van der Waals surface area (Å²) in [6, 6.07) is 6.77. The summed E-state index contributed by atoms with van der Waals surface area (Å²) >= 11 is 0. The van der Waals surface area contributed by atoms with Crippen LogP contribution in [-0.4, -0.2) is 35.7 Å². The van der Waals surface area contributed by atoms with Crippen LogP contribution >= 0.6 is 0 Å². The fraction of sp³-hybridized carbons (Fsp3) is 0.438. The van der Waals surface area contributed by atoms with Crippen molar-refractivity contribution in [2.24, 2.45) is 0 Å². The number of nitrogens with one attached hydrogen (secondary N) is 1. The second-order valence-corrected chi connectivity index (χ2v) is 5.66. The van der Waals surface area contributed by atoms with E-state index in [0.29, 0.717) is 36.9 Å². The molecular weight excluding hydrogens is 299 g/mol. The number of anilines is 1. The Balaban J connectivity index is 1.60. The van der Waals surface area contributed by atoms with Gasteiger partial charge >= 0.3 is 0 Å². The maximum Gasteiger partial charge on any atom is 0.231 e. The Bertz CT molecular complexity index is 688. The predicted molar refractivity (Wildman–Crippen MR) is 82.7 cm³/mol. The summed E-state index contributed by atoms with van der Waals surface area (Å²) in [7, 11) is 0. The summed E-state index contributed by atoms with van der Waals surface area (Å²) in [5.74, 6) is 0.982. The van der Waals surface area contributed by atoms with Gasteiger partial charge < -0.3 is 14.7 Å². The Morgan fingerprint density at radius 1 is 1.48 bits per heavy atom. The summed E-state index contributed by atoms with van der Waals surface area (Å²) in [5, 5.41) is 6.64. The molecule has 2 heterocycles. The second-order valence-electron chi connectivity index (χ2n) is 5.66. The highest BCUT2D eigenvalue weighted by Crippen LogP contribution is 2.31. The van der Waals surface area contributed by atoms with Crippen molar-refractivity contribution in [1.82, 2.24) is 15.5 Å². The number of hydrogen-bond donors (Lipinski definition) is 1. The van der Waals surface area contributed by atoms with Gasteiger partial charge in [-0.15, -0.1) is 0 Å². The molecular formula is C16H19FN4O2. The van der Waals surface area contributed by atoms with Gasteiger partial charge in [0.15, 0.2) is 5.82 Å². The molecule has 3 rings (SSSR count). The number of aromatic nitrogens is 2. The molecule has 0 bridgehead atoms. The molecule has 1 fully saturated rings. The molecule has 1 amide bonds. The van der Waals surface area contributed by atoms with Gasteiger partial charge in [0.05, 0.1) is 11.6 Å². The number of para-hydroxylation sites is 1. The lowest BCUT2D eigenvalue weighted by molar-refractivity contribution is -0.118. The van der Waals surface area contributed by atoms with Crippen molar-refractivity contribution in [2.75, 3.05) is 24.5 Å². The SMILES string of the molecule is CC(=O)NCCc1noc(C2CCN(c3ccccc3F)C2)n1. The van der Waals surface area contributed by atoms with Crippen molar-refractivity contribution in [3.05, 3.63) is 41.8 Å². The minimum Gasteiger partial charge on any atom is -0.368 e. The Morgan fingerprint density at radius 2 is 2.30 bits per heavy atom. The zero-order chi connectivity index (χ0) is 16.2. The van der Waals surface area contributed by atoms with Gasteiger partial charge in [-0.3, -0.25) is 4.79 Å². The molecule has 23 heavy (non-hydrogen) atoms. The zero-order valence-corrected chi connectivity index (χ0v) is 13.0. The third-order valence-corrected chi connectivity index (χ3v) is 3.94. The summed E-state index contributed by atoms with van der Waals surface area (Å²) in [6.45, 7) is 3.38. The third kappa shape index (κ3) is 3.67. The Morgan fingerprint density at radius 3 is 3.09 bits per heavy atom. The molecule has 1 unspecified atom stereocenters. The number of amides is 1. The molecule has 122 valence electrons. The number of hydrogen-bond acceptors (Lipinski definition) is 5. The van der Waals surface area contributed by atoms with E-state index >= 15 is 0 Å². The fourth-order valence-electron chi connectivity index (χ4n) is 2.77. The number of carbonyl (C=O) groups excluding carboxylic acids is 1. The van der Waals surface area contributed by atoms with Crippen molar-refractivity contribution in [2.45, 2.75) is 25.7 Å². The van der Waals surface area contributed by atoms with Gasteiger partial charge in [0.1, 0.15) is 5.82 Å². The molecule has 0 spiro atoms. The molecule has 1 aromatic heterocycles. The van der Waals surface area contributed by atoms with E-state index in [0.717, 1.165) is 13.0 Å². The third-order valence-electron chi connectivity index (χ3n) is 3.94. The van der Waals surface area contributed by atoms with Gasteiger partial charge in [0.25, 0.3) is 0 Å². The van der Waals surface area contributed by atoms with Crippen molar-refractivity contribution in [1.29, 1.82) is 0 Å². The van der Waals surface area contributed by atoms with Crippen molar-refractivity contribution >= 4 is 11.6 Å². The van der Waals surface area contributed by atoms with E-state index < -0.39 is 0 Å². The first-order valence-electron chi connectivity index (χ1n) is 7.70. The van der Waals surface area contributed by atoms with Crippen LogP contribution in [0.3, 0.4) is 0 Å². The van der Waals surface area contributed by atoms with Crippen LogP contribution in [0.4, 0.5) is 10.1 Å². The minimum atomic E-state index is -0.213. The van der Waals surface area contributed by atoms with Crippen LogP contribution in [0, 0.1) is 5.82 Å². The van der Waals surface area contributed by atoms with Crippen LogP contribution in [-0.2, 0) is 11.2 Å². The van der Waals surface area contributed by atoms with Crippen LogP contribution in [0.2, 0.25) is 0 Å². The van der Waals surface area contributed by atoms with Crippen LogP contribution < -0.4 is 10.2 Å². The number of halogens is 1. The van der Waals surface area contributed by atoms with Crippen LogP contribution in [0.5, 0.6) is 0 Å². The van der Waals surface area contributed by atoms with Gasteiger partial charge in [-0.25, -0.2) is 4.39 Å². The lowest BCUT2D eigenvalue weighted by Crippen LogP contribution is -2.22. The first-order valence-corrected chi connectivity index (χ1v) is 7.70. The van der Waals surface area contributed by atoms with E-state index in [1.54, 1.807) is 12.1 Å². The molecule has 1 aliphatic heterocycles. The van der Waals surface area contributed by atoms with Gasteiger partial charge in [-0.2, -0.15) is 4.98 Å². The molecule has 1 atom stereocenters. The summed E-state index contributed by atoms with van der Waals surface area (Å²) in [4.78, 5) is 17.2. The van der Waals surface area contributed by atoms with E-state index in [9.17, 15) is 9.18 Å². The van der Waals surface area contributed by atoms with Gasteiger partial charge in [0.2, 0.25) is 11.8 Å². The highest BCUT2D eigenvalue weighted by atomic mass is 19.1. The number of carbonyl (C=O) groups is 1. The molecule has 2 aromatic rings. The van der Waals surface area contributed by atoms with E-state index in [1.807, 2.05) is 11.0 Å². The average Bonchev–Trinajstić information content (AvgIpc) is 3.16. The first-order chi connectivity index (χ1) is 11.1. The van der Waals surface area contributed by atoms with Gasteiger partial charge in [-0.1, -0.05) is 17.3 Å². The van der Waals surface area contributed by atoms with E-state index in [4.69, 9.17) is 4.52 Å². The lowest BCUT2D eigenvalue weighted by atomic mass is 10.1. The van der Waals surface area contributed by atoms with E-state index in [-0.39, 0.29) is 17.6 Å². The zero-order valence-electron chi connectivity index (χ0n) is 13.0. The normalized spacial score (nSPS) is 17.5. The summed E-state index contributed by atoms with van der Waals surface area (Å²) in [6.07, 6.45) is 1.38. The van der Waals surface area contributed by atoms with Crippen LogP contribution in [0.25, 0.3) is 0 Å². The van der Waals surface area contributed by atoms with Gasteiger partial charge in [0, 0.05) is 33.0 Å². The molecule has 0 aliphatic carbocycles. The lowest BCUT2D eigenvalue weighted by Gasteiger charge is -2.18. The largest absolute Gasteiger partial charge is 0.368 e. The first kappa shape index (κ1) is 15.5. The number of nitrogens with zero attached hydrogens (tertiary/aromatic N) is 3. The van der Waals surface area contributed by atoms with Crippen LogP contribution in [0.15, 0.2) is 28.8 Å². The van der Waals surface area contributed by atoms with Crippen molar-refractivity contribution in [3.8, 4) is 0 Å². The number of rotatable bonds is 5. The summed E-state index contributed by atoms with van der Waals surface area (Å²) < 4.78 is 19.2. The van der Waals surface area contributed by atoms with Gasteiger partial charge in [-0.05, 0) is 18.6 Å². The standard InChI is InChI=1S/C16H19FN4O2/c1-11(22)18-8-6-15-19-16(23-20-15)12-7-9-21(10-12)14-5-3-2-4-13(14)17/h2-5,12H,6-10H2,1H3,(H,18,22). The smallest absolute Gasteiger partial charge is 0.231 e. The van der Waals surface area contributed by atoms with Crippen molar-refractivity contribution in [3.63, 3.8) is 0 Å². The highest BCUT2D eigenvalue weighted by Gasteiger charge is 2.29. The molecule has 0 saturated carbocycles. The molecule has 1 N–H and O–H groups in total.